The van der Waals surface area contributed by atoms with Crippen molar-refractivity contribution in [1.82, 2.24) is 10.2 Å². The minimum atomic E-state index is -1.02. The topological polar surface area (TPSA) is 52.6 Å². The molecule has 1 unspecified atom stereocenters. The second-order valence-corrected chi connectivity index (χ2v) is 2.66. The third kappa shape index (κ3) is 3.95. The highest BCUT2D eigenvalue weighted by Gasteiger charge is 2.15. The summed E-state index contributed by atoms with van der Waals surface area (Å²) < 4.78 is 0. The van der Waals surface area contributed by atoms with Gasteiger partial charge < -0.3 is 10.4 Å². The Morgan fingerprint density at radius 1 is 1.64 bits per heavy atom. The van der Waals surface area contributed by atoms with Gasteiger partial charge in [0.15, 0.2) is 0 Å². The molecule has 0 aliphatic rings. The lowest BCUT2D eigenvalue weighted by Crippen LogP contribution is -2.44. The molecule has 65 valence electrons. The fourth-order valence-electron chi connectivity index (χ4n) is 0.519. The molecule has 1 amide bonds. The van der Waals surface area contributed by atoms with Gasteiger partial charge in [-0.3, -0.25) is 9.69 Å². The summed E-state index contributed by atoms with van der Waals surface area (Å²) in [4.78, 5) is 12.8. The number of carbonyl (C=O) groups excluding carboxylic acids is 1. The Morgan fingerprint density at radius 3 is 2.36 bits per heavy atom. The van der Waals surface area contributed by atoms with Crippen LogP contribution in [0.25, 0.3) is 0 Å². The summed E-state index contributed by atoms with van der Waals surface area (Å²) >= 11 is 0. The van der Waals surface area contributed by atoms with E-state index in [0.29, 0.717) is 0 Å². The molecule has 0 spiro atoms. The number of hydrogen-bond acceptors (Lipinski definition) is 3. The molecule has 0 fully saturated rings. The summed E-state index contributed by atoms with van der Waals surface area (Å²) in [6.45, 7) is 4.97. The zero-order valence-electron chi connectivity index (χ0n) is 7.16. The Bertz CT molecular complexity index is 134. The number of likely N-dealkylation sites (N-methyl/N-ethyl adjacent to an activating group) is 1. The lowest BCUT2D eigenvalue weighted by molar-refractivity contribution is -0.127. The SMILES string of the molecule is [CH2][C@@H](O)NC(=O)C(C)N(C)C. The predicted molar refractivity (Wildman–Crippen MR) is 42.7 cm³/mol. The number of nitrogens with one attached hydrogen (secondary N) is 1. The van der Waals surface area contributed by atoms with Gasteiger partial charge in [-0.15, -0.1) is 0 Å². The largest absolute Gasteiger partial charge is 0.374 e. The summed E-state index contributed by atoms with van der Waals surface area (Å²) in [5.74, 6) is -0.225. The lowest BCUT2D eigenvalue weighted by atomic mass is 10.3. The number of amides is 1. The van der Waals surface area contributed by atoms with Gasteiger partial charge in [-0.2, -0.15) is 0 Å². The molecule has 0 aromatic carbocycles. The van der Waals surface area contributed by atoms with Crippen molar-refractivity contribution in [2.45, 2.75) is 19.2 Å². The van der Waals surface area contributed by atoms with Crippen molar-refractivity contribution in [3.63, 3.8) is 0 Å². The molecule has 0 saturated heterocycles. The summed E-state index contributed by atoms with van der Waals surface area (Å²) in [6.07, 6.45) is -1.02. The van der Waals surface area contributed by atoms with Crippen molar-refractivity contribution in [1.29, 1.82) is 0 Å². The molecule has 0 aromatic heterocycles. The van der Waals surface area contributed by atoms with Crippen LogP contribution in [0.2, 0.25) is 0 Å². The fraction of sp³-hybridized carbons (Fsp3) is 0.714. The maximum atomic E-state index is 11.0. The molecule has 1 radical (unpaired) electrons. The monoisotopic (exact) mass is 159 g/mol. The second kappa shape index (κ2) is 4.31. The molecule has 4 heteroatoms. The van der Waals surface area contributed by atoms with Crippen LogP contribution in [0.1, 0.15) is 6.92 Å². The van der Waals surface area contributed by atoms with Gasteiger partial charge in [0.05, 0.1) is 6.04 Å². The van der Waals surface area contributed by atoms with Gasteiger partial charge in [0.1, 0.15) is 6.23 Å². The first kappa shape index (κ1) is 10.4. The Morgan fingerprint density at radius 2 is 2.09 bits per heavy atom. The minimum absolute atomic E-state index is 0.225. The number of aliphatic hydroxyl groups excluding tert-OH is 1. The van der Waals surface area contributed by atoms with E-state index in [2.05, 4.69) is 12.2 Å². The molecule has 0 rings (SSSR count). The number of nitrogens with zero attached hydrogens (tertiary/aromatic N) is 1. The first-order valence-electron chi connectivity index (χ1n) is 3.43. The summed E-state index contributed by atoms with van der Waals surface area (Å²) in [6, 6.07) is -0.244. The van der Waals surface area contributed by atoms with E-state index < -0.39 is 6.23 Å². The van der Waals surface area contributed by atoms with Crippen LogP contribution >= 0.6 is 0 Å². The molecular formula is C7H15N2O2. The highest BCUT2D eigenvalue weighted by molar-refractivity contribution is 5.81. The van der Waals surface area contributed by atoms with Crippen LogP contribution in [0.15, 0.2) is 0 Å². The van der Waals surface area contributed by atoms with Crippen LogP contribution in [-0.4, -0.2) is 42.3 Å². The van der Waals surface area contributed by atoms with E-state index in [9.17, 15) is 4.79 Å². The fourth-order valence-corrected chi connectivity index (χ4v) is 0.519. The van der Waals surface area contributed by atoms with Crippen LogP contribution in [0.3, 0.4) is 0 Å². The van der Waals surface area contributed by atoms with Gasteiger partial charge in [0.25, 0.3) is 0 Å². The quantitative estimate of drug-likeness (QED) is 0.530. The highest BCUT2D eigenvalue weighted by Crippen LogP contribution is 1.90. The van der Waals surface area contributed by atoms with Crippen molar-refractivity contribution in [3.05, 3.63) is 6.92 Å². The van der Waals surface area contributed by atoms with Crippen molar-refractivity contribution in [2.24, 2.45) is 0 Å². The molecule has 2 atom stereocenters. The highest BCUT2D eigenvalue weighted by atomic mass is 16.3. The van der Waals surface area contributed by atoms with Gasteiger partial charge in [0.2, 0.25) is 5.91 Å². The average Bonchev–Trinajstić information content (AvgIpc) is 1.84. The Balaban J connectivity index is 3.83. The van der Waals surface area contributed by atoms with Crippen LogP contribution in [0.5, 0.6) is 0 Å². The van der Waals surface area contributed by atoms with Crippen LogP contribution in [0, 0.1) is 6.92 Å². The molecule has 0 aliphatic heterocycles. The van der Waals surface area contributed by atoms with E-state index >= 15 is 0 Å². The minimum Gasteiger partial charge on any atom is -0.374 e. The third-order valence-corrected chi connectivity index (χ3v) is 1.46. The summed E-state index contributed by atoms with van der Waals surface area (Å²) in [5.41, 5.74) is 0. The Hall–Kier alpha value is -0.610. The molecule has 0 saturated carbocycles. The standard InChI is InChI=1S/C7H15N2O2/c1-5(9(3)4)7(11)8-6(2)10/h5-6,10H,2H2,1,3-4H3,(H,8,11)/t5?,6-/m1/s1. The molecule has 0 aliphatic carbocycles. The van der Waals surface area contributed by atoms with Gasteiger partial charge >= 0.3 is 0 Å². The molecular weight excluding hydrogens is 144 g/mol. The number of rotatable bonds is 3. The number of carbonyl (C=O) groups is 1. The lowest BCUT2D eigenvalue weighted by Gasteiger charge is -2.19. The van der Waals surface area contributed by atoms with Gasteiger partial charge in [-0.1, -0.05) is 0 Å². The van der Waals surface area contributed by atoms with E-state index in [1.54, 1.807) is 25.9 Å². The van der Waals surface area contributed by atoms with E-state index in [1.807, 2.05) is 0 Å². The van der Waals surface area contributed by atoms with Crippen LogP contribution in [0.4, 0.5) is 0 Å². The normalized spacial score (nSPS) is 16.2. The predicted octanol–water partition coefficient (Wildman–Crippen LogP) is -0.795. The molecule has 0 aromatic rings. The van der Waals surface area contributed by atoms with E-state index in [0.717, 1.165) is 0 Å². The second-order valence-electron chi connectivity index (χ2n) is 2.66. The molecule has 2 N–H and O–H groups in total. The Labute approximate surface area is 67.2 Å². The third-order valence-electron chi connectivity index (χ3n) is 1.46. The maximum Gasteiger partial charge on any atom is 0.239 e. The maximum absolute atomic E-state index is 11.0. The first-order valence-corrected chi connectivity index (χ1v) is 3.43. The molecule has 11 heavy (non-hydrogen) atoms. The van der Waals surface area contributed by atoms with Crippen molar-refractivity contribution < 1.29 is 9.90 Å². The van der Waals surface area contributed by atoms with Gasteiger partial charge in [-0.05, 0) is 27.9 Å². The first-order chi connectivity index (χ1) is 4.95. The number of aliphatic hydroxyl groups is 1. The molecule has 0 heterocycles. The van der Waals surface area contributed by atoms with Crippen LogP contribution in [-0.2, 0) is 4.79 Å². The van der Waals surface area contributed by atoms with E-state index in [-0.39, 0.29) is 11.9 Å². The smallest absolute Gasteiger partial charge is 0.239 e. The van der Waals surface area contributed by atoms with Crippen molar-refractivity contribution in [2.75, 3.05) is 14.1 Å². The zero-order valence-corrected chi connectivity index (χ0v) is 7.16. The zero-order chi connectivity index (χ0) is 9.02. The van der Waals surface area contributed by atoms with Crippen molar-refractivity contribution in [3.8, 4) is 0 Å². The molecule has 4 nitrogen and oxygen atoms in total. The average molecular weight is 159 g/mol. The van der Waals surface area contributed by atoms with E-state index in [4.69, 9.17) is 5.11 Å². The van der Waals surface area contributed by atoms with Crippen molar-refractivity contribution >= 4 is 5.91 Å². The molecule has 0 bridgehead atoms. The van der Waals surface area contributed by atoms with E-state index in [1.165, 1.54) is 0 Å². The van der Waals surface area contributed by atoms with Gasteiger partial charge in [-0.25, -0.2) is 0 Å². The number of hydrogen-bond donors (Lipinski definition) is 2. The Kier molecular flexibility index (Phi) is 4.07. The summed E-state index contributed by atoms with van der Waals surface area (Å²) in [5, 5.41) is 11.0. The summed E-state index contributed by atoms with van der Waals surface area (Å²) in [7, 11) is 3.58. The van der Waals surface area contributed by atoms with Crippen LogP contribution < -0.4 is 5.32 Å². The van der Waals surface area contributed by atoms with Gasteiger partial charge in [0, 0.05) is 0 Å².